The highest BCUT2D eigenvalue weighted by Gasteiger charge is 2.43. The van der Waals surface area contributed by atoms with Gasteiger partial charge < -0.3 is 19.6 Å². The van der Waals surface area contributed by atoms with Gasteiger partial charge in [0.2, 0.25) is 0 Å². The van der Waals surface area contributed by atoms with E-state index in [1.807, 2.05) is 13.8 Å². The highest BCUT2D eigenvalue weighted by atomic mass is 16.5. The summed E-state index contributed by atoms with van der Waals surface area (Å²) in [7, 11) is 1.61. The average molecular weight is 286 g/mol. The lowest BCUT2D eigenvalue weighted by Crippen LogP contribution is -2.48. The van der Waals surface area contributed by atoms with Gasteiger partial charge in [0.25, 0.3) is 0 Å². The van der Waals surface area contributed by atoms with E-state index in [0.717, 1.165) is 6.42 Å². The van der Waals surface area contributed by atoms with E-state index in [2.05, 4.69) is 0 Å². The third-order valence-corrected chi connectivity index (χ3v) is 4.17. The molecular formula is C14H26N2O4. The Labute approximate surface area is 120 Å². The molecule has 2 atom stereocenters. The quantitative estimate of drug-likeness (QED) is 0.806. The van der Waals surface area contributed by atoms with Crippen LogP contribution in [-0.2, 0) is 9.53 Å². The molecule has 0 saturated carbocycles. The smallest absolute Gasteiger partial charge is 0.320 e. The minimum atomic E-state index is -0.834. The van der Waals surface area contributed by atoms with Crippen LogP contribution < -0.4 is 0 Å². The molecule has 0 aromatic rings. The Bertz CT molecular complexity index is 361. The predicted octanol–water partition coefficient (Wildman–Crippen LogP) is 1.65. The molecule has 116 valence electrons. The van der Waals surface area contributed by atoms with Gasteiger partial charge in [-0.15, -0.1) is 0 Å². The molecule has 20 heavy (non-hydrogen) atoms. The molecule has 1 heterocycles. The van der Waals surface area contributed by atoms with Crippen molar-refractivity contribution in [1.29, 1.82) is 0 Å². The van der Waals surface area contributed by atoms with E-state index in [0.29, 0.717) is 26.1 Å². The number of likely N-dealkylation sites (tertiary alicyclic amines) is 1. The Hall–Kier alpha value is -1.30. The van der Waals surface area contributed by atoms with Crippen LogP contribution in [0.1, 0.15) is 33.6 Å². The van der Waals surface area contributed by atoms with E-state index >= 15 is 0 Å². The standard InChI is InChI=1S/C14H26N2O4/c1-5-11(2)16(8-9-20-4)13(19)15-7-6-14(3,10-15)12(17)18/h11H,5-10H2,1-4H3,(H,17,18). The van der Waals surface area contributed by atoms with Crippen molar-refractivity contribution in [2.75, 3.05) is 33.4 Å². The number of carboxylic acid groups (broad SMARTS) is 1. The molecule has 6 heteroatoms. The molecule has 1 fully saturated rings. The van der Waals surface area contributed by atoms with Gasteiger partial charge in [-0.05, 0) is 26.7 Å². The average Bonchev–Trinajstić information content (AvgIpc) is 2.82. The molecule has 1 rings (SSSR count). The minimum Gasteiger partial charge on any atom is -0.481 e. The van der Waals surface area contributed by atoms with E-state index in [9.17, 15) is 14.7 Å². The summed E-state index contributed by atoms with van der Waals surface area (Å²) < 4.78 is 5.05. The predicted molar refractivity (Wildman–Crippen MR) is 75.7 cm³/mol. The normalized spacial score (nSPS) is 23.7. The summed E-state index contributed by atoms with van der Waals surface area (Å²) in [6, 6.07) is 0.0377. The van der Waals surface area contributed by atoms with Gasteiger partial charge >= 0.3 is 12.0 Å². The molecule has 2 unspecified atom stereocenters. The van der Waals surface area contributed by atoms with Gasteiger partial charge in [-0.25, -0.2) is 4.79 Å². The van der Waals surface area contributed by atoms with Crippen molar-refractivity contribution < 1.29 is 19.4 Å². The van der Waals surface area contributed by atoms with E-state index in [1.54, 1.807) is 23.8 Å². The van der Waals surface area contributed by atoms with Crippen molar-refractivity contribution in [2.24, 2.45) is 5.41 Å². The van der Waals surface area contributed by atoms with Crippen LogP contribution in [0.5, 0.6) is 0 Å². The molecule has 0 aliphatic carbocycles. The Balaban J connectivity index is 2.73. The second-order valence-electron chi connectivity index (χ2n) is 5.76. The fourth-order valence-electron chi connectivity index (χ4n) is 2.40. The van der Waals surface area contributed by atoms with Crippen molar-refractivity contribution in [3.05, 3.63) is 0 Å². The maximum absolute atomic E-state index is 12.6. The Morgan fingerprint density at radius 1 is 1.50 bits per heavy atom. The fourth-order valence-corrected chi connectivity index (χ4v) is 2.40. The van der Waals surface area contributed by atoms with E-state index in [-0.39, 0.29) is 18.6 Å². The summed E-state index contributed by atoms with van der Waals surface area (Å²) in [5.74, 6) is -0.834. The lowest BCUT2D eigenvalue weighted by Gasteiger charge is -2.32. The lowest BCUT2D eigenvalue weighted by atomic mass is 9.90. The van der Waals surface area contributed by atoms with E-state index in [1.165, 1.54) is 0 Å². The second kappa shape index (κ2) is 6.92. The van der Waals surface area contributed by atoms with Crippen molar-refractivity contribution in [1.82, 2.24) is 9.80 Å². The molecule has 1 N–H and O–H groups in total. The largest absolute Gasteiger partial charge is 0.481 e. The first-order chi connectivity index (χ1) is 9.35. The molecule has 0 aromatic heterocycles. The SMILES string of the molecule is CCC(C)N(CCOC)C(=O)N1CCC(C)(C(=O)O)C1. The van der Waals surface area contributed by atoms with Gasteiger partial charge in [0, 0.05) is 32.8 Å². The van der Waals surface area contributed by atoms with Crippen LogP contribution in [0.4, 0.5) is 4.79 Å². The molecule has 1 aliphatic rings. The highest BCUT2D eigenvalue weighted by molar-refractivity contribution is 5.79. The van der Waals surface area contributed by atoms with E-state index in [4.69, 9.17) is 4.74 Å². The number of nitrogens with zero attached hydrogens (tertiary/aromatic N) is 2. The number of urea groups is 1. The molecule has 0 spiro atoms. The molecule has 1 saturated heterocycles. The van der Waals surface area contributed by atoms with Crippen LogP contribution >= 0.6 is 0 Å². The number of rotatable bonds is 6. The van der Waals surface area contributed by atoms with Crippen molar-refractivity contribution >= 4 is 12.0 Å². The number of carboxylic acids is 1. The first-order valence-corrected chi connectivity index (χ1v) is 7.13. The zero-order chi connectivity index (χ0) is 15.3. The number of carbonyl (C=O) groups excluding carboxylic acids is 1. The number of amides is 2. The molecule has 2 amide bonds. The van der Waals surface area contributed by atoms with Crippen LogP contribution in [0, 0.1) is 5.41 Å². The Morgan fingerprint density at radius 3 is 2.60 bits per heavy atom. The lowest BCUT2D eigenvalue weighted by molar-refractivity contribution is -0.147. The van der Waals surface area contributed by atoms with Crippen LogP contribution in [0.2, 0.25) is 0 Å². The monoisotopic (exact) mass is 286 g/mol. The number of hydrogen-bond acceptors (Lipinski definition) is 3. The molecule has 0 aromatic carbocycles. The van der Waals surface area contributed by atoms with Crippen LogP contribution in [0.3, 0.4) is 0 Å². The summed E-state index contributed by atoms with van der Waals surface area (Å²) in [4.78, 5) is 27.2. The number of aliphatic carboxylic acids is 1. The summed E-state index contributed by atoms with van der Waals surface area (Å²) in [5, 5.41) is 9.24. The third-order valence-electron chi connectivity index (χ3n) is 4.17. The summed E-state index contributed by atoms with van der Waals surface area (Å²) in [5.41, 5.74) is -0.821. The fraction of sp³-hybridized carbons (Fsp3) is 0.857. The third kappa shape index (κ3) is 3.62. The summed E-state index contributed by atoms with van der Waals surface area (Å²) in [6.07, 6.45) is 1.37. The maximum Gasteiger partial charge on any atom is 0.320 e. The number of carbonyl (C=O) groups is 2. The van der Waals surface area contributed by atoms with Gasteiger partial charge in [-0.2, -0.15) is 0 Å². The second-order valence-corrected chi connectivity index (χ2v) is 5.76. The van der Waals surface area contributed by atoms with Crippen LogP contribution in [-0.4, -0.2) is 66.3 Å². The minimum absolute atomic E-state index is 0.0821. The number of ether oxygens (including phenoxy) is 1. The Morgan fingerprint density at radius 2 is 2.15 bits per heavy atom. The summed E-state index contributed by atoms with van der Waals surface area (Å²) in [6.45, 7) is 7.53. The first kappa shape index (κ1) is 16.8. The molecule has 1 aliphatic heterocycles. The van der Waals surface area contributed by atoms with Crippen molar-refractivity contribution in [2.45, 2.75) is 39.7 Å². The molecule has 0 bridgehead atoms. The first-order valence-electron chi connectivity index (χ1n) is 7.13. The van der Waals surface area contributed by atoms with Gasteiger partial charge in [-0.1, -0.05) is 6.92 Å². The van der Waals surface area contributed by atoms with Gasteiger partial charge in [0.15, 0.2) is 0 Å². The van der Waals surface area contributed by atoms with Gasteiger partial charge in [0.05, 0.1) is 12.0 Å². The Kier molecular flexibility index (Phi) is 5.80. The van der Waals surface area contributed by atoms with Crippen molar-refractivity contribution in [3.63, 3.8) is 0 Å². The van der Waals surface area contributed by atoms with E-state index < -0.39 is 11.4 Å². The maximum atomic E-state index is 12.6. The topological polar surface area (TPSA) is 70.1 Å². The summed E-state index contributed by atoms with van der Waals surface area (Å²) >= 11 is 0. The van der Waals surface area contributed by atoms with Crippen LogP contribution in [0.15, 0.2) is 0 Å². The number of methoxy groups -OCH3 is 1. The van der Waals surface area contributed by atoms with Crippen molar-refractivity contribution in [3.8, 4) is 0 Å². The van der Waals surface area contributed by atoms with Gasteiger partial charge in [0.1, 0.15) is 0 Å². The van der Waals surface area contributed by atoms with Gasteiger partial charge in [-0.3, -0.25) is 4.79 Å². The zero-order valence-electron chi connectivity index (χ0n) is 12.9. The molecule has 0 radical (unpaired) electrons. The number of hydrogen-bond donors (Lipinski definition) is 1. The molecule has 6 nitrogen and oxygen atoms in total. The van der Waals surface area contributed by atoms with Crippen LogP contribution in [0.25, 0.3) is 0 Å². The molecular weight excluding hydrogens is 260 g/mol. The zero-order valence-corrected chi connectivity index (χ0v) is 12.9. The highest BCUT2D eigenvalue weighted by Crippen LogP contribution is 2.31.